The first-order valence-electron chi connectivity index (χ1n) is 5.05. The number of rotatable bonds is 5. The van der Waals surface area contributed by atoms with Crippen molar-refractivity contribution in [2.24, 2.45) is 0 Å². The van der Waals surface area contributed by atoms with Gasteiger partial charge in [-0.15, -0.1) is 0 Å². The van der Waals surface area contributed by atoms with Gasteiger partial charge in [-0.25, -0.2) is 4.98 Å². The molecule has 2 N–H and O–H groups in total. The van der Waals surface area contributed by atoms with E-state index >= 15 is 0 Å². The third-order valence-electron chi connectivity index (χ3n) is 2.19. The summed E-state index contributed by atoms with van der Waals surface area (Å²) in [6.07, 6.45) is 7.15. The summed E-state index contributed by atoms with van der Waals surface area (Å²) >= 11 is 0. The number of aromatic amines is 1. The van der Waals surface area contributed by atoms with Crippen LogP contribution in [0.25, 0.3) is 0 Å². The normalized spacial score (nSPS) is 10.2. The average molecular weight is 219 g/mol. The van der Waals surface area contributed by atoms with Gasteiger partial charge in [-0.3, -0.25) is 9.48 Å². The third kappa shape index (κ3) is 2.94. The number of hydrogen-bond donors (Lipinski definition) is 2. The number of carbonyl (C=O) groups is 1. The summed E-state index contributed by atoms with van der Waals surface area (Å²) in [7, 11) is 0. The van der Waals surface area contributed by atoms with Crippen LogP contribution in [0.2, 0.25) is 0 Å². The standard InChI is InChI=1S/C10H13N5O/c16-10(2-4-15-8-12-7-14-15)13-6-9-1-3-11-5-9/h1,3,5,7-8,11H,2,4,6H2,(H,13,16). The fourth-order valence-corrected chi connectivity index (χ4v) is 1.32. The molecule has 16 heavy (non-hydrogen) atoms. The van der Waals surface area contributed by atoms with Gasteiger partial charge in [0.05, 0.1) is 6.54 Å². The summed E-state index contributed by atoms with van der Waals surface area (Å²) in [5.41, 5.74) is 1.06. The van der Waals surface area contributed by atoms with Crippen molar-refractivity contribution >= 4 is 5.91 Å². The van der Waals surface area contributed by atoms with E-state index in [1.54, 1.807) is 11.0 Å². The third-order valence-corrected chi connectivity index (χ3v) is 2.19. The van der Waals surface area contributed by atoms with Gasteiger partial charge in [-0.1, -0.05) is 0 Å². The first-order chi connectivity index (χ1) is 7.84. The lowest BCUT2D eigenvalue weighted by Crippen LogP contribution is -2.23. The molecule has 0 unspecified atom stereocenters. The molecular weight excluding hydrogens is 206 g/mol. The maximum atomic E-state index is 11.5. The molecule has 84 valence electrons. The number of nitrogens with one attached hydrogen (secondary N) is 2. The van der Waals surface area contributed by atoms with Crippen LogP contribution >= 0.6 is 0 Å². The lowest BCUT2D eigenvalue weighted by atomic mass is 10.3. The highest BCUT2D eigenvalue weighted by Gasteiger charge is 2.02. The SMILES string of the molecule is O=C(CCn1cncn1)NCc1cc[nH]c1. The van der Waals surface area contributed by atoms with E-state index in [4.69, 9.17) is 0 Å². The van der Waals surface area contributed by atoms with E-state index in [0.29, 0.717) is 19.5 Å². The molecule has 0 saturated carbocycles. The maximum absolute atomic E-state index is 11.5. The summed E-state index contributed by atoms with van der Waals surface area (Å²) in [5, 5.41) is 6.75. The topological polar surface area (TPSA) is 75.6 Å². The van der Waals surface area contributed by atoms with Crippen LogP contribution in [0, 0.1) is 0 Å². The fourth-order valence-electron chi connectivity index (χ4n) is 1.32. The van der Waals surface area contributed by atoms with Crippen molar-refractivity contribution in [3.63, 3.8) is 0 Å². The second-order valence-electron chi connectivity index (χ2n) is 3.40. The highest BCUT2D eigenvalue weighted by Crippen LogP contribution is 1.95. The Hall–Kier alpha value is -2.11. The van der Waals surface area contributed by atoms with E-state index in [2.05, 4.69) is 20.4 Å². The van der Waals surface area contributed by atoms with Gasteiger partial charge in [0.1, 0.15) is 12.7 Å². The molecule has 0 fully saturated rings. The second-order valence-corrected chi connectivity index (χ2v) is 3.40. The molecule has 0 aliphatic carbocycles. The van der Waals surface area contributed by atoms with Crippen LogP contribution in [-0.2, 0) is 17.9 Å². The summed E-state index contributed by atoms with van der Waals surface area (Å²) in [6.45, 7) is 1.11. The first-order valence-corrected chi connectivity index (χ1v) is 5.05. The largest absolute Gasteiger partial charge is 0.367 e. The Labute approximate surface area is 92.7 Å². The molecule has 0 atom stereocenters. The van der Waals surface area contributed by atoms with Crippen LogP contribution in [0.3, 0.4) is 0 Å². The molecule has 0 radical (unpaired) electrons. The van der Waals surface area contributed by atoms with Crippen molar-refractivity contribution in [1.29, 1.82) is 0 Å². The Morgan fingerprint density at radius 2 is 2.50 bits per heavy atom. The highest BCUT2D eigenvalue weighted by molar-refractivity contribution is 5.75. The first kappa shape index (κ1) is 10.4. The number of aromatic nitrogens is 4. The minimum absolute atomic E-state index is 0.0108. The number of aryl methyl sites for hydroxylation is 1. The minimum atomic E-state index is 0.0108. The Morgan fingerprint density at radius 1 is 1.56 bits per heavy atom. The average Bonchev–Trinajstić information content (AvgIpc) is 2.96. The van der Waals surface area contributed by atoms with Crippen LogP contribution in [0.1, 0.15) is 12.0 Å². The van der Waals surface area contributed by atoms with Gasteiger partial charge in [-0.2, -0.15) is 5.10 Å². The molecule has 2 aromatic rings. The summed E-state index contributed by atoms with van der Waals surface area (Å²) in [6, 6.07) is 1.93. The lowest BCUT2D eigenvalue weighted by Gasteiger charge is -2.03. The number of H-pyrrole nitrogens is 1. The monoisotopic (exact) mass is 219 g/mol. The van der Waals surface area contributed by atoms with Crippen LogP contribution in [0.4, 0.5) is 0 Å². The Morgan fingerprint density at radius 3 is 3.19 bits per heavy atom. The number of nitrogens with zero attached hydrogens (tertiary/aromatic N) is 3. The molecule has 0 bridgehead atoms. The van der Waals surface area contributed by atoms with Crippen molar-refractivity contribution in [1.82, 2.24) is 25.1 Å². The molecular formula is C10H13N5O. The number of hydrogen-bond acceptors (Lipinski definition) is 3. The molecule has 2 heterocycles. The molecule has 6 heteroatoms. The smallest absolute Gasteiger partial charge is 0.222 e. The van der Waals surface area contributed by atoms with Crippen LogP contribution in [0.5, 0.6) is 0 Å². The molecule has 2 rings (SSSR count). The second kappa shape index (κ2) is 5.11. The Bertz CT molecular complexity index is 380. The van der Waals surface area contributed by atoms with Gasteiger partial charge < -0.3 is 10.3 Å². The van der Waals surface area contributed by atoms with E-state index in [-0.39, 0.29) is 5.91 Å². The zero-order chi connectivity index (χ0) is 11.2. The number of amides is 1. The van der Waals surface area contributed by atoms with Crippen molar-refractivity contribution in [2.45, 2.75) is 19.5 Å². The van der Waals surface area contributed by atoms with E-state index in [0.717, 1.165) is 5.56 Å². The molecule has 2 aromatic heterocycles. The molecule has 0 aliphatic rings. The molecule has 0 aliphatic heterocycles. The van der Waals surface area contributed by atoms with Gasteiger partial charge in [0.2, 0.25) is 5.91 Å². The molecule has 0 aromatic carbocycles. The zero-order valence-electron chi connectivity index (χ0n) is 8.76. The predicted octanol–water partition coefficient (Wildman–Crippen LogP) is 0.313. The van der Waals surface area contributed by atoms with Gasteiger partial charge in [0.25, 0.3) is 0 Å². The lowest BCUT2D eigenvalue weighted by molar-refractivity contribution is -0.121. The Kier molecular flexibility index (Phi) is 3.32. The van der Waals surface area contributed by atoms with E-state index < -0.39 is 0 Å². The summed E-state index contributed by atoms with van der Waals surface area (Å²) in [4.78, 5) is 18.2. The van der Waals surface area contributed by atoms with Gasteiger partial charge in [-0.05, 0) is 11.6 Å². The molecule has 6 nitrogen and oxygen atoms in total. The van der Waals surface area contributed by atoms with E-state index in [1.807, 2.05) is 18.5 Å². The van der Waals surface area contributed by atoms with E-state index in [1.165, 1.54) is 6.33 Å². The summed E-state index contributed by atoms with van der Waals surface area (Å²) < 4.78 is 1.63. The quantitative estimate of drug-likeness (QED) is 0.760. The van der Waals surface area contributed by atoms with Crippen LogP contribution in [0.15, 0.2) is 31.1 Å². The maximum Gasteiger partial charge on any atom is 0.222 e. The van der Waals surface area contributed by atoms with Crippen LogP contribution in [-0.4, -0.2) is 25.7 Å². The minimum Gasteiger partial charge on any atom is -0.367 e. The number of carbonyl (C=O) groups excluding carboxylic acids is 1. The van der Waals surface area contributed by atoms with Gasteiger partial charge in [0.15, 0.2) is 0 Å². The highest BCUT2D eigenvalue weighted by atomic mass is 16.1. The van der Waals surface area contributed by atoms with E-state index in [9.17, 15) is 4.79 Å². The van der Waals surface area contributed by atoms with Crippen molar-refractivity contribution in [3.8, 4) is 0 Å². The van der Waals surface area contributed by atoms with Crippen molar-refractivity contribution < 1.29 is 4.79 Å². The summed E-state index contributed by atoms with van der Waals surface area (Å²) in [5.74, 6) is 0.0108. The van der Waals surface area contributed by atoms with Crippen molar-refractivity contribution in [3.05, 3.63) is 36.7 Å². The van der Waals surface area contributed by atoms with Gasteiger partial charge >= 0.3 is 0 Å². The predicted molar refractivity (Wildman–Crippen MR) is 57.3 cm³/mol. The molecule has 1 amide bonds. The molecule has 0 spiro atoms. The van der Waals surface area contributed by atoms with Crippen LogP contribution < -0.4 is 5.32 Å². The molecule has 0 saturated heterocycles. The zero-order valence-corrected chi connectivity index (χ0v) is 8.76. The van der Waals surface area contributed by atoms with Gasteiger partial charge in [0, 0.05) is 25.4 Å². The Balaban J connectivity index is 1.69. The fraction of sp³-hybridized carbons (Fsp3) is 0.300. The van der Waals surface area contributed by atoms with Crippen molar-refractivity contribution in [2.75, 3.05) is 0 Å².